The Morgan fingerprint density at radius 2 is 2.28 bits per heavy atom. The maximum absolute atomic E-state index is 12.7. The van der Waals surface area contributed by atoms with Crippen molar-refractivity contribution in [3.63, 3.8) is 0 Å². The lowest BCUT2D eigenvalue weighted by atomic mass is 9.81. The molecule has 0 saturated carbocycles. The highest BCUT2D eigenvalue weighted by Gasteiger charge is 2.55. The molecule has 2 aliphatic rings. The summed E-state index contributed by atoms with van der Waals surface area (Å²) in [4.78, 5) is 18.6. The number of furan rings is 1. The first kappa shape index (κ1) is 16.1. The Kier molecular flexibility index (Phi) is 4.00. The van der Waals surface area contributed by atoms with Crippen LogP contribution in [0.3, 0.4) is 0 Å². The van der Waals surface area contributed by atoms with Gasteiger partial charge in [0.2, 0.25) is 0 Å². The normalized spacial score (nSPS) is 21.4. The molecule has 0 aliphatic carbocycles. The van der Waals surface area contributed by atoms with Gasteiger partial charge in [-0.25, -0.2) is 0 Å². The second-order valence-electron chi connectivity index (χ2n) is 6.89. The van der Waals surface area contributed by atoms with Crippen LogP contribution in [0.2, 0.25) is 0 Å². The SMILES string of the molecule is Cc1cc(C(=O)N2CC3(C2)OCC[C@H]3COc2cccnc2)c(C)o1. The highest BCUT2D eigenvalue weighted by atomic mass is 16.5. The quantitative estimate of drug-likeness (QED) is 0.854. The number of rotatable bonds is 4. The minimum Gasteiger partial charge on any atom is -0.492 e. The Morgan fingerprint density at radius 3 is 2.96 bits per heavy atom. The van der Waals surface area contributed by atoms with Crippen molar-refractivity contribution >= 4 is 5.91 Å². The van der Waals surface area contributed by atoms with Crippen molar-refractivity contribution in [2.45, 2.75) is 25.9 Å². The van der Waals surface area contributed by atoms with E-state index in [1.165, 1.54) is 0 Å². The topological polar surface area (TPSA) is 64.8 Å². The molecule has 2 aromatic heterocycles. The minimum atomic E-state index is -0.273. The highest BCUT2D eigenvalue weighted by molar-refractivity contribution is 5.96. The summed E-state index contributed by atoms with van der Waals surface area (Å²) >= 11 is 0. The van der Waals surface area contributed by atoms with Gasteiger partial charge in [-0.2, -0.15) is 0 Å². The number of pyridine rings is 1. The fourth-order valence-electron chi connectivity index (χ4n) is 3.76. The smallest absolute Gasteiger partial charge is 0.257 e. The lowest BCUT2D eigenvalue weighted by Crippen LogP contribution is -2.66. The fourth-order valence-corrected chi connectivity index (χ4v) is 3.76. The van der Waals surface area contributed by atoms with Gasteiger partial charge in [0, 0.05) is 18.7 Å². The minimum absolute atomic E-state index is 0.0161. The molecule has 2 saturated heterocycles. The molecule has 6 heteroatoms. The summed E-state index contributed by atoms with van der Waals surface area (Å²) in [6, 6.07) is 5.56. The van der Waals surface area contributed by atoms with Crippen LogP contribution < -0.4 is 4.74 Å². The third kappa shape index (κ3) is 2.91. The van der Waals surface area contributed by atoms with Crippen molar-refractivity contribution in [1.82, 2.24) is 9.88 Å². The lowest BCUT2D eigenvalue weighted by molar-refractivity contribution is -0.122. The molecular formula is C19H22N2O4. The third-order valence-electron chi connectivity index (χ3n) is 5.16. The van der Waals surface area contributed by atoms with Crippen LogP contribution in [-0.4, -0.2) is 47.7 Å². The molecule has 1 atom stereocenters. The van der Waals surface area contributed by atoms with Crippen LogP contribution in [0, 0.1) is 19.8 Å². The van der Waals surface area contributed by atoms with Crippen molar-refractivity contribution in [3.8, 4) is 5.75 Å². The maximum atomic E-state index is 12.7. The maximum Gasteiger partial charge on any atom is 0.257 e. The van der Waals surface area contributed by atoms with Gasteiger partial charge < -0.3 is 18.8 Å². The number of amides is 1. The molecule has 0 unspecified atom stereocenters. The molecule has 1 amide bonds. The van der Waals surface area contributed by atoms with Crippen LogP contribution in [0.4, 0.5) is 0 Å². The molecule has 132 valence electrons. The monoisotopic (exact) mass is 342 g/mol. The predicted octanol–water partition coefficient (Wildman–Crippen LogP) is 2.60. The molecule has 4 rings (SSSR count). The molecule has 2 aromatic rings. The van der Waals surface area contributed by atoms with Crippen molar-refractivity contribution in [3.05, 3.63) is 47.7 Å². The van der Waals surface area contributed by atoms with Gasteiger partial charge in [-0.3, -0.25) is 9.78 Å². The predicted molar refractivity (Wildman–Crippen MR) is 90.6 cm³/mol. The van der Waals surface area contributed by atoms with E-state index in [2.05, 4.69) is 4.98 Å². The third-order valence-corrected chi connectivity index (χ3v) is 5.16. The molecule has 2 aliphatic heterocycles. The largest absolute Gasteiger partial charge is 0.492 e. The van der Waals surface area contributed by atoms with E-state index >= 15 is 0 Å². The average Bonchev–Trinajstić information content (AvgIpc) is 3.14. The number of ether oxygens (including phenoxy) is 2. The molecule has 0 bridgehead atoms. The van der Waals surface area contributed by atoms with E-state index in [-0.39, 0.29) is 17.4 Å². The molecule has 25 heavy (non-hydrogen) atoms. The first-order valence-corrected chi connectivity index (χ1v) is 8.60. The standard InChI is InChI=1S/C19H22N2O4/c1-13-8-17(14(2)25-13)18(22)21-11-19(12-21)15(5-7-24-19)10-23-16-4-3-6-20-9-16/h3-4,6,8-9,15H,5,7,10-12H2,1-2H3/t15-/m0/s1. The van der Waals surface area contributed by atoms with E-state index in [4.69, 9.17) is 13.9 Å². The number of likely N-dealkylation sites (tertiary alicyclic amines) is 1. The van der Waals surface area contributed by atoms with Gasteiger partial charge in [0.25, 0.3) is 5.91 Å². The van der Waals surface area contributed by atoms with Crippen LogP contribution in [0.5, 0.6) is 5.75 Å². The van der Waals surface area contributed by atoms with E-state index in [1.54, 1.807) is 18.5 Å². The van der Waals surface area contributed by atoms with E-state index in [0.717, 1.165) is 17.9 Å². The number of carbonyl (C=O) groups is 1. The van der Waals surface area contributed by atoms with E-state index in [1.807, 2.05) is 30.9 Å². The van der Waals surface area contributed by atoms with Crippen LogP contribution in [-0.2, 0) is 4.74 Å². The molecule has 0 N–H and O–H groups in total. The Morgan fingerprint density at radius 1 is 1.44 bits per heavy atom. The molecule has 1 spiro atoms. The van der Waals surface area contributed by atoms with Gasteiger partial charge in [0.1, 0.15) is 22.9 Å². The Labute approximate surface area is 146 Å². The Balaban J connectivity index is 1.38. The van der Waals surface area contributed by atoms with Crippen LogP contribution in [0.15, 0.2) is 35.0 Å². The van der Waals surface area contributed by atoms with Crippen molar-refractivity contribution < 1.29 is 18.7 Å². The van der Waals surface area contributed by atoms with Gasteiger partial charge in [0.15, 0.2) is 0 Å². The summed E-state index contributed by atoms with van der Waals surface area (Å²) in [5, 5.41) is 0. The fraction of sp³-hybridized carbons (Fsp3) is 0.474. The zero-order chi connectivity index (χ0) is 17.4. The Hall–Kier alpha value is -2.34. The summed E-state index contributed by atoms with van der Waals surface area (Å²) in [5.74, 6) is 2.50. The zero-order valence-electron chi connectivity index (χ0n) is 14.5. The van der Waals surface area contributed by atoms with E-state index < -0.39 is 0 Å². The summed E-state index contributed by atoms with van der Waals surface area (Å²) in [5.41, 5.74) is 0.374. The molecule has 4 heterocycles. The molecule has 0 aromatic carbocycles. The zero-order valence-corrected chi connectivity index (χ0v) is 14.5. The number of nitrogens with zero attached hydrogens (tertiary/aromatic N) is 2. The second-order valence-corrected chi connectivity index (χ2v) is 6.89. The number of aryl methyl sites for hydroxylation is 2. The highest BCUT2D eigenvalue weighted by Crippen LogP contribution is 2.41. The molecular weight excluding hydrogens is 320 g/mol. The van der Waals surface area contributed by atoms with Crippen molar-refractivity contribution in [2.24, 2.45) is 5.92 Å². The number of hydrogen-bond donors (Lipinski definition) is 0. The Bertz CT molecular complexity index is 765. The summed E-state index contributed by atoms with van der Waals surface area (Å²) in [6.07, 6.45) is 4.39. The van der Waals surface area contributed by atoms with Crippen LogP contribution in [0.1, 0.15) is 28.3 Å². The number of aromatic nitrogens is 1. The number of carbonyl (C=O) groups excluding carboxylic acids is 1. The van der Waals surface area contributed by atoms with E-state index in [0.29, 0.717) is 37.6 Å². The first-order chi connectivity index (χ1) is 12.1. The van der Waals surface area contributed by atoms with Gasteiger partial charge >= 0.3 is 0 Å². The summed E-state index contributed by atoms with van der Waals surface area (Å²) in [6.45, 7) is 6.19. The second kappa shape index (κ2) is 6.19. The van der Waals surface area contributed by atoms with Gasteiger partial charge in [-0.05, 0) is 38.5 Å². The van der Waals surface area contributed by atoms with Gasteiger partial charge in [0.05, 0.1) is 31.5 Å². The first-order valence-electron chi connectivity index (χ1n) is 8.60. The van der Waals surface area contributed by atoms with Crippen molar-refractivity contribution in [1.29, 1.82) is 0 Å². The van der Waals surface area contributed by atoms with E-state index in [9.17, 15) is 4.79 Å². The van der Waals surface area contributed by atoms with Crippen molar-refractivity contribution in [2.75, 3.05) is 26.3 Å². The molecule has 6 nitrogen and oxygen atoms in total. The van der Waals surface area contributed by atoms with Gasteiger partial charge in [-0.15, -0.1) is 0 Å². The summed E-state index contributed by atoms with van der Waals surface area (Å²) in [7, 11) is 0. The van der Waals surface area contributed by atoms with Crippen LogP contribution >= 0.6 is 0 Å². The average molecular weight is 342 g/mol. The number of hydrogen-bond acceptors (Lipinski definition) is 5. The van der Waals surface area contributed by atoms with Crippen LogP contribution in [0.25, 0.3) is 0 Å². The van der Waals surface area contributed by atoms with Gasteiger partial charge in [-0.1, -0.05) is 0 Å². The molecule has 2 fully saturated rings. The lowest BCUT2D eigenvalue weighted by Gasteiger charge is -2.50. The molecule has 0 radical (unpaired) electrons. The summed E-state index contributed by atoms with van der Waals surface area (Å²) < 4.78 is 17.4.